The van der Waals surface area contributed by atoms with E-state index in [1.807, 2.05) is 30.3 Å². The Kier molecular flexibility index (Phi) is 7.12. The smallest absolute Gasteiger partial charge is 0.261 e. The Hall–Kier alpha value is -2.93. The number of hydrogen-bond acceptors (Lipinski definition) is 9. The number of para-hydroxylation sites is 1. The monoisotopic (exact) mass is 555 g/mol. The number of aromatic nitrogens is 4. The summed E-state index contributed by atoms with van der Waals surface area (Å²) < 4.78 is 46.8. The van der Waals surface area contributed by atoms with Gasteiger partial charge in [0.25, 0.3) is 5.89 Å². The first kappa shape index (κ1) is 25.4. The number of nitrogens with zero attached hydrogens (tertiary/aromatic N) is 5. The molecule has 1 atom stereocenters. The molecule has 2 fully saturated rings. The normalized spacial score (nSPS) is 18.5. The lowest BCUT2D eigenvalue weighted by molar-refractivity contribution is 0.0960. The minimum Gasteiger partial charge on any atom is -0.496 e. The number of ether oxygens (including phenoxy) is 2. The molecule has 0 unspecified atom stereocenters. The lowest BCUT2D eigenvalue weighted by atomic mass is 10.2. The Morgan fingerprint density at radius 2 is 1.95 bits per heavy atom. The topological polar surface area (TPSA) is 113 Å². The van der Waals surface area contributed by atoms with Crippen LogP contribution in [-0.2, 0) is 27.1 Å². The van der Waals surface area contributed by atoms with Crippen molar-refractivity contribution < 1.29 is 22.4 Å². The number of rotatable bonds is 9. The van der Waals surface area contributed by atoms with Crippen molar-refractivity contribution in [2.75, 3.05) is 26.8 Å². The first-order chi connectivity index (χ1) is 18.5. The van der Waals surface area contributed by atoms with Crippen LogP contribution in [-0.4, -0.2) is 65.3 Å². The highest BCUT2D eigenvalue weighted by Crippen LogP contribution is 2.32. The Morgan fingerprint density at radius 1 is 1.11 bits per heavy atom. The van der Waals surface area contributed by atoms with E-state index in [2.05, 4.69) is 14.7 Å². The summed E-state index contributed by atoms with van der Waals surface area (Å²) in [6, 6.07) is 12.7. The van der Waals surface area contributed by atoms with Gasteiger partial charge in [-0.3, -0.25) is 0 Å². The first-order valence-electron chi connectivity index (χ1n) is 12.7. The number of sulfonamides is 1. The van der Waals surface area contributed by atoms with E-state index in [-0.39, 0.29) is 11.0 Å². The second-order valence-electron chi connectivity index (χ2n) is 9.41. The summed E-state index contributed by atoms with van der Waals surface area (Å²) >= 11 is 1.49. The fourth-order valence-corrected chi connectivity index (χ4v) is 7.38. The van der Waals surface area contributed by atoms with Crippen LogP contribution in [0.25, 0.3) is 22.5 Å². The van der Waals surface area contributed by atoms with Crippen molar-refractivity contribution in [3.63, 3.8) is 0 Å². The molecule has 0 bridgehead atoms. The first-order valence-corrected chi connectivity index (χ1v) is 15.2. The molecule has 6 rings (SSSR count). The van der Waals surface area contributed by atoms with E-state index in [0.717, 1.165) is 48.5 Å². The summed E-state index contributed by atoms with van der Waals surface area (Å²) in [6.45, 7) is 2.54. The SMILES string of the molecule is COc1ccccc1-c1nc(CSc2nc3cc(S(=O)(=O)N4CCCC4)ccc3n2C[C@H]2CCCO2)no1. The maximum absolute atomic E-state index is 13.2. The van der Waals surface area contributed by atoms with E-state index >= 15 is 0 Å². The van der Waals surface area contributed by atoms with Crippen LogP contribution >= 0.6 is 11.8 Å². The van der Waals surface area contributed by atoms with Crippen molar-refractivity contribution in [2.45, 2.75) is 54.1 Å². The molecular weight excluding hydrogens is 526 g/mol. The van der Waals surface area contributed by atoms with Gasteiger partial charge in [0.05, 0.1) is 47.0 Å². The maximum atomic E-state index is 13.2. The standard InChI is InChI=1S/C26H29N5O5S2/c1-34-23-9-3-2-8-20(23)25-28-24(29-36-25)17-37-26-27-21-15-19(38(32,33)30-12-4-5-13-30)10-11-22(21)31(26)16-18-7-6-14-35-18/h2-3,8-11,15,18H,4-7,12-14,16-17H2,1H3/t18-/m1/s1. The molecule has 2 aliphatic heterocycles. The molecule has 10 nitrogen and oxygen atoms in total. The summed E-state index contributed by atoms with van der Waals surface area (Å²) in [5.74, 6) is 2.02. The molecule has 2 saturated heterocycles. The molecule has 0 spiro atoms. The summed E-state index contributed by atoms with van der Waals surface area (Å²) in [4.78, 5) is 9.68. The highest BCUT2D eigenvalue weighted by atomic mass is 32.2. The zero-order valence-electron chi connectivity index (χ0n) is 21.1. The van der Waals surface area contributed by atoms with Crippen molar-refractivity contribution in [3.8, 4) is 17.2 Å². The van der Waals surface area contributed by atoms with Gasteiger partial charge in [-0.05, 0) is 56.0 Å². The quantitative estimate of drug-likeness (QED) is 0.278. The van der Waals surface area contributed by atoms with Gasteiger partial charge in [-0.2, -0.15) is 9.29 Å². The van der Waals surface area contributed by atoms with Crippen molar-refractivity contribution >= 4 is 32.8 Å². The minimum atomic E-state index is -3.53. The van der Waals surface area contributed by atoms with Crippen LogP contribution in [0.1, 0.15) is 31.5 Å². The maximum Gasteiger partial charge on any atom is 0.261 e. The second-order valence-corrected chi connectivity index (χ2v) is 12.3. The van der Waals surface area contributed by atoms with Crippen LogP contribution in [0.5, 0.6) is 5.75 Å². The third-order valence-corrected chi connectivity index (χ3v) is 9.80. The van der Waals surface area contributed by atoms with E-state index in [9.17, 15) is 8.42 Å². The average molecular weight is 556 g/mol. The van der Waals surface area contributed by atoms with E-state index in [4.69, 9.17) is 19.0 Å². The van der Waals surface area contributed by atoms with Gasteiger partial charge in [-0.25, -0.2) is 13.4 Å². The molecule has 2 aromatic heterocycles. The predicted molar refractivity (Wildman–Crippen MR) is 143 cm³/mol. The van der Waals surface area contributed by atoms with Gasteiger partial charge in [0, 0.05) is 19.7 Å². The lowest BCUT2D eigenvalue weighted by Crippen LogP contribution is -2.27. The van der Waals surface area contributed by atoms with Gasteiger partial charge < -0.3 is 18.6 Å². The molecule has 200 valence electrons. The summed E-state index contributed by atoms with van der Waals surface area (Å²) in [5.41, 5.74) is 2.26. The number of methoxy groups -OCH3 is 1. The number of imidazole rings is 1. The Morgan fingerprint density at radius 3 is 2.74 bits per heavy atom. The van der Waals surface area contributed by atoms with Crippen molar-refractivity contribution in [1.29, 1.82) is 0 Å². The molecule has 12 heteroatoms. The lowest BCUT2D eigenvalue weighted by Gasteiger charge is -2.16. The second kappa shape index (κ2) is 10.7. The molecule has 38 heavy (non-hydrogen) atoms. The minimum absolute atomic E-state index is 0.0992. The number of benzene rings is 2. The highest BCUT2D eigenvalue weighted by Gasteiger charge is 2.28. The molecule has 4 heterocycles. The van der Waals surface area contributed by atoms with Crippen molar-refractivity contribution in [3.05, 3.63) is 48.3 Å². The number of hydrogen-bond donors (Lipinski definition) is 0. The molecule has 0 N–H and O–H groups in total. The molecule has 4 aromatic rings. The van der Waals surface area contributed by atoms with Crippen LogP contribution in [0.2, 0.25) is 0 Å². The fraction of sp³-hybridized carbons (Fsp3) is 0.423. The van der Waals surface area contributed by atoms with Crippen LogP contribution in [0.3, 0.4) is 0 Å². The zero-order chi connectivity index (χ0) is 26.1. The van der Waals surface area contributed by atoms with Gasteiger partial charge in [-0.1, -0.05) is 29.1 Å². The Labute approximate surface area is 225 Å². The van der Waals surface area contributed by atoms with E-state index in [1.165, 1.54) is 11.8 Å². The Bertz CT molecular complexity index is 1540. The van der Waals surface area contributed by atoms with Gasteiger partial charge in [0.15, 0.2) is 11.0 Å². The van der Waals surface area contributed by atoms with Gasteiger partial charge in [-0.15, -0.1) is 0 Å². The fourth-order valence-electron chi connectivity index (χ4n) is 4.98. The number of thioether (sulfide) groups is 1. The third kappa shape index (κ3) is 4.93. The molecule has 2 aromatic carbocycles. The average Bonchev–Trinajstić information content (AvgIpc) is 3.75. The molecule has 2 aliphatic rings. The van der Waals surface area contributed by atoms with Crippen LogP contribution < -0.4 is 4.74 Å². The van der Waals surface area contributed by atoms with Gasteiger partial charge >= 0.3 is 0 Å². The van der Waals surface area contributed by atoms with E-state index in [1.54, 1.807) is 23.5 Å². The van der Waals surface area contributed by atoms with Crippen LogP contribution in [0.15, 0.2) is 57.0 Å². The number of fused-ring (bicyclic) bond motifs is 1. The van der Waals surface area contributed by atoms with E-state index < -0.39 is 10.0 Å². The van der Waals surface area contributed by atoms with Crippen molar-refractivity contribution in [2.24, 2.45) is 0 Å². The third-order valence-electron chi connectivity index (χ3n) is 6.93. The predicted octanol–water partition coefficient (Wildman–Crippen LogP) is 4.35. The van der Waals surface area contributed by atoms with Gasteiger partial charge in [0.2, 0.25) is 10.0 Å². The molecular formula is C26H29N5O5S2. The highest BCUT2D eigenvalue weighted by molar-refractivity contribution is 7.98. The van der Waals surface area contributed by atoms with E-state index in [0.29, 0.717) is 48.4 Å². The largest absolute Gasteiger partial charge is 0.496 e. The van der Waals surface area contributed by atoms with Crippen LogP contribution in [0.4, 0.5) is 0 Å². The summed E-state index contributed by atoms with van der Waals surface area (Å²) in [7, 11) is -1.93. The molecule has 0 radical (unpaired) electrons. The zero-order valence-corrected chi connectivity index (χ0v) is 22.7. The summed E-state index contributed by atoms with van der Waals surface area (Å²) in [5, 5.41) is 4.91. The molecule has 0 aliphatic carbocycles. The Balaban J connectivity index is 1.28. The van der Waals surface area contributed by atoms with Gasteiger partial charge in [0.1, 0.15) is 5.75 Å². The van der Waals surface area contributed by atoms with Crippen LogP contribution in [0, 0.1) is 0 Å². The molecule has 0 amide bonds. The summed E-state index contributed by atoms with van der Waals surface area (Å²) in [6.07, 6.45) is 3.91. The van der Waals surface area contributed by atoms with Crippen molar-refractivity contribution in [1.82, 2.24) is 24.0 Å². The molecule has 0 saturated carbocycles.